The molecular formula is C27H39N3O3. The van der Waals surface area contributed by atoms with E-state index in [0.717, 1.165) is 74.6 Å². The van der Waals surface area contributed by atoms with Gasteiger partial charge in [0.25, 0.3) is 0 Å². The Balaban J connectivity index is 1.69. The topological polar surface area (TPSA) is 57.8 Å². The SMILES string of the molecule is CCN(CC)CCCOc1ccc2[nH]c3ccc(OCCCN(CC)CC)cc3c(=O)c2c1. The van der Waals surface area contributed by atoms with Crippen molar-refractivity contribution in [3.63, 3.8) is 0 Å². The van der Waals surface area contributed by atoms with Crippen molar-refractivity contribution >= 4 is 21.8 Å². The highest BCUT2D eigenvalue weighted by Gasteiger charge is 2.09. The molecule has 1 aromatic heterocycles. The van der Waals surface area contributed by atoms with Crippen molar-refractivity contribution < 1.29 is 9.47 Å². The number of fused-ring (bicyclic) bond motifs is 2. The monoisotopic (exact) mass is 453 g/mol. The van der Waals surface area contributed by atoms with Crippen molar-refractivity contribution in [3.05, 3.63) is 46.6 Å². The maximum absolute atomic E-state index is 13.2. The lowest BCUT2D eigenvalue weighted by molar-refractivity contribution is 0.249. The smallest absolute Gasteiger partial charge is 0.197 e. The maximum atomic E-state index is 13.2. The Hall–Kier alpha value is -2.57. The zero-order valence-corrected chi connectivity index (χ0v) is 20.7. The molecule has 6 heteroatoms. The van der Waals surface area contributed by atoms with Crippen molar-refractivity contribution in [1.29, 1.82) is 0 Å². The molecule has 1 N–H and O–H groups in total. The van der Waals surface area contributed by atoms with Crippen LogP contribution < -0.4 is 14.9 Å². The van der Waals surface area contributed by atoms with E-state index in [1.165, 1.54) is 0 Å². The summed E-state index contributed by atoms with van der Waals surface area (Å²) in [4.78, 5) is 21.4. The average Bonchev–Trinajstić information content (AvgIpc) is 2.85. The largest absolute Gasteiger partial charge is 0.494 e. The molecular weight excluding hydrogens is 414 g/mol. The number of rotatable bonds is 14. The van der Waals surface area contributed by atoms with E-state index in [4.69, 9.17) is 9.47 Å². The van der Waals surface area contributed by atoms with Gasteiger partial charge in [-0.05, 0) is 75.4 Å². The van der Waals surface area contributed by atoms with Crippen LogP contribution in [-0.2, 0) is 0 Å². The number of H-pyrrole nitrogens is 1. The standard InChI is InChI=1S/C27H39N3O3/c1-5-29(6-2)15-9-17-32-21-11-13-25-23(19-21)27(31)24-20-22(12-14-26(24)28-25)33-18-10-16-30(7-3)8-4/h11-14,19-20H,5-10,15-18H2,1-4H3,(H,28,31). The molecule has 33 heavy (non-hydrogen) atoms. The summed E-state index contributed by atoms with van der Waals surface area (Å²) >= 11 is 0. The lowest BCUT2D eigenvalue weighted by Crippen LogP contribution is -2.25. The molecule has 0 fully saturated rings. The molecule has 0 unspecified atom stereocenters. The van der Waals surface area contributed by atoms with Gasteiger partial charge in [-0.2, -0.15) is 0 Å². The summed E-state index contributed by atoms with van der Waals surface area (Å²) in [6.45, 7) is 16.2. The van der Waals surface area contributed by atoms with Gasteiger partial charge in [-0.25, -0.2) is 0 Å². The lowest BCUT2D eigenvalue weighted by atomic mass is 10.1. The zero-order valence-electron chi connectivity index (χ0n) is 20.7. The van der Waals surface area contributed by atoms with Gasteiger partial charge in [0.1, 0.15) is 11.5 Å². The summed E-state index contributed by atoms with van der Waals surface area (Å²) < 4.78 is 11.9. The zero-order chi connectivity index (χ0) is 23.6. The van der Waals surface area contributed by atoms with E-state index >= 15 is 0 Å². The Morgan fingerprint density at radius 2 is 1.12 bits per heavy atom. The minimum Gasteiger partial charge on any atom is -0.494 e. The minimum absolute atomic E-state index is 0.000863. The Morgan fingerprint density at radius 1 is 0.697 bits per heavy atom. The fourth-order valence-electron chi connectivity index (χ4n) is 4.15. The molecule has 0 radical (unpaired) electrons. The van der Waals surface area contributed by atoms with Crippen LogP contribution in [0.4, 0.5) is 0 Å². The number of hydrogen-bond donors (Lipinski definition) is 1. The molecule has 0 amide bonds. The summed E-state index contributed by atoms with van der Waals surface area (Å²) in [5, 5.41) is 1.28. The molecule has 180 valence electrons. The van der Waals surface area contributed by atoms with Gasteiger partial charge in [-0.3, -0.25) is 4.79 Å². The van der Waals surface area contributed by atoms with E-state index in [2.05, 4.69) is 42.5 Å². The first-order valence-corrected chi connectivity index (χ1v) is 12.4. The first kappa shape index (κ1) is 25.1. The number of nitrogens with zero attached hydrogens (tertiary/aromatic N) is 2. The molecule has 3 rings (SSSR count). The van der Waals surface area contributed by atoms with Crippen molar-refractivity contribution in [2.45, 2.75) is 40.5 Å². The van der Waals surface area contributed by atoms with E-state index < -0.39 is 0 Å². The maximum Gasteiger partial charge on any atom is 0.197 e. The highest BCUT2D eigenvalue weighted by Crippen LogP contribution is 2.23. The lowest BCUT2D eigenvalue weighted by Gasteiger charge is -2.18. The highest BCUT2D eigenvalue weighted by molar-refractivity contribution is 5.93. The van der Waals surface area contributed by atoms with Crippen molar-refractivity contribution in [3.8, 4) is 11.5 Å². The molecule has 0 spiro atoms. The number of hydrogen-bond acceptors (Lipinski definition) is 5. The van der Waals surface area contributed by atoms with Gasteiger partial charge in [0.2, 0.25) is 0 Å². The fraction of sp³-hybridized carbons (Fsp3) is 0.519. The summed E-state index contributed by atoms with van der Waals surface area (Å²) in [5.74, 6) is 1.46. The molecule has 3 aromatic rings. The Morgan fingerprint density at radius 3 is 1.52 bits per heavy atom. The average molecular weight is 454 g/mol. The fourth-order valence-corrected chi connectivity index (χ4v) is 4.15. The number of ether oxygens (including phenoxy) is 2. The highest BCUT2D eigenvalue weighted by atomic mass is 16.5. The second-order valence-electron chi connectivity index (χ2n) is 8.33. The number of nitrogens with one attached hydrogen (secondary N) is 1. The quantitative estimate of drug-likeness (QED) is 0.278. The molecule has 0 saturated heterocycles. The van der Waals surface area contributed by atoms with Crippen molar-refractivity contribution in [2.24, 2.45) is 0 Å². The predicted octanol–water partition coefficient (Wildman–Crippen LogP) is 4.90. The summed E-state index contributed by atoms with van der Waals surface area (Å²) in [7, 11) is 0. The van der Waals surface area contributed by atoms with Crippen LogP contribution in [0.5, 0.6) is 11.5 Å². The minimum atomic E-state index is 0.000863. The number of aromatic amines is 1. The van der Waals surface area contributed by atoms with Gasteiger partial charge in [-0.15, -0.1) is 0 Å². The number of aromatic nitrogens is 1. The summed E-state index contributed by atoms with van der Waals surface area (Å²) in [6, 6.07) is 11.4. The van der Waals surface area contributed by atoms with Gasteiger partial charge >= 0.3 is 0 Å². The van der Waals surface area contributed by atoms with Crippen LogP contribution >= 0.6 is 0 Å². The van der Waals surface area contributed by atoms with Crippen LogP contribution in [0, 0.1) is 0 Å². The molecule has 1 heterocycles. The molecule has 0 saturated carbocycles. The van der Waals surface area contributed by atoms with E-state index in [1.54, 1.807) is 0 Å². The van der Waals surface area contributed by atoms with E-state index in [-0.39, 0.29) is 5.43 Å². The molecule has 2 aromatic carbocycles. The molecule has 6 nitrogen and oxygen atoms in total. The van der Waals surface area contributed by atoms with Gasteiger partial charge in [0.15, 0.2) is 5.43 Å². The van der Waals surface area contributed by atoms with E-state index in [1.807, 2.05) is 36.4 Å². The van der Waals surface area contributed by atoms with Crippen molar-refractivity contribution in [1.82, 2.24) is 14.8 Å². The molecule has 0 aliphatic rings. The van der Waals surface area contributed by atoms with Crippen LogP contribution in [0.15, 0.2) is 41.2 Å². The molecule has 0 atom stereocenters. The van der Waals surface area contributed by atoms with Gasteiger partial charge in [0.05, 0.1) is 24.2 Å². The first-order valence-electron chi connectivity index (χ1n) is 12.4. The van der Waals surface area contributed by atoms with Crippen LogP contribution in [-0.4, -0.2) is 67.3 Å². The molecule has 0 aliphatic heterocycles. The van der Waals surface area contributed by atoms with Gasteiger partial charge in [-0.1, -0.05) is 27.7 Å². The van der Waals surface area contributed by atoms with Crippen LogP contribution in [0.25, 0.3) is 21.8 Å². The van der Waals surface area contributed by atoms with E-state index in [0.29, 0.717) is 24.0 Å². The van der Waals surface area contributed by atoms with Crippen LogP contribution in [0.1, 0.15) is 40.5 Å². The number of benzene rings is 2. The third kappa shape index (κ3) is 6.71. The normalized spacial score (nSPS) is 11.7. The van der Waals surface area contributed by atoms with Gasteiger partial charge in [0, 0.05) is 23.9 Å². The molecule has 0 bridgehead atoms. The second kappa shape index (κ2) is 12.6. The van der Waals surface area contributed by atoms with Crippen LogP contribution in [0.3, 0.4) is 0 Å². The summed E-state index contributed by atoms with van der Waals surface area (Å²) in [6.07, 6.45) is 1.92. The Labute approximate surface area is 197 Å². The third-order valence-electron chi connectivity index (χ3n) is 6.30. The Kier molecular flexibility index (Phi) is 9.58. The third-order valence-corrected chi connectivity index (χ3v) is 6.30. The molecule has 0 aliphatic carbocycles. The summed E-state index contributed by atoms with van der Waals surface area (Å²) in [5.41, 5.74) is 1.63. The Bertz CT molecular complexity index is 990. The first-order chi connectivity index (χ1) is 16.1. The predicted molar refractivity (Wildman–Crippen MR) is 138 cm³/mol. The van der Waals surface area contributed by atoms with Crippen molar-refractivity contribution in [2.75, 3.05) is 52.5 Å². The van der Waals surface area contributed by atoms with Crippen LogP contribution in [0.2, 0.25) is 0 Å². The van der Waals surface area contributed by atoms with Gasteiger partial charge < -0.3 is 24.3 Å². The second-order valence-corrected chi connectivity index (χ2v) is 8.33. The van der Waals surface area contributed by atoms with E-state index in [9.17, 15) is 4.79 Å². The number of pyridine rings is 1.